The first-order valence-electron chi connectivity index (χ1n) is 11.7. The Morgan fingerprint density at radius 3 is 2.77 bits per heavy atom. The van der Waals surface area contributed by atoms with E-state index in [1.54, 1.807) is 19.1 Å². The first-order chi connectivity index (χ1) is 17.0. The van der Waals surface area contributed by atoms with Crippen LogP contribution in [0.2, 0.25) is 5.02 Å². The summed E-state index contributed by atoms with van der Waals surface area (Å²) in [7, 11) is 1.52. The third-order valence-electron chi connectivity index (χ3n) is 6.62. The highest BCUT2D eigenvalue weighted by molar-refractivity contribution is 6.30. The lowest BCUT2D eigenvalue weighted by molar-refractivity contribution is 0.00396. The van der Waals surface area contributed by atoms with Crippen LogP contribution in [0.3, 0.4) is 0 Å². The minimum atomic E-state index is -0.484. The van der Waals surface area contributed by atoms with E-state index in [0.29, 0.717) is 58.3 Å². The molecule has 1 aromatic carbocycles. The normalized spacial score (nSPS) is 20.3. The van der Waals surface area contributed by atoms with Gasteiger partial charge in [0.25, 0.3) is 0 Å². The van der Waals surface area contributed by atoms with Gasteiger partial charge in [0.1, 0.15) is 28.5 Å². The van der Waals surface area contributed by atoms with Gasteiger partial charge < -0.3 is 9.47 Å². The van der Waals surface area contributed by atoms with Gasteiger partial charge in [-0.15, -0.1) is 0 Å². The number of aromatic nitrogens is 6. The van der Waals surface area contributed by atoms with Crippen LogP contribution >= 0.6 is 11.6 Å². The average Bonchev–Trinajstić information content (AvgIpc) is 3.59. The number of ether oxygens (including phenoxy) is 2. The molecular formula is C25H24ClFN6O2. The second kappa shape index (κ2) is 8.80. The van der Waals surface area contributed by atoms with Gasteiger partial charge in [-0.3, -0.25) is 4.68 Å². The smallest absolute Gasteiger partial charge is 0.235 e. The fourth-order valence-electron chi connectivity index (χ4n) is 4.60. The van der Waals surface area contributed by atoms with Gasteiger partial charge in [-0.1, -0.05) is 11.6 Å². The number of halogens is 2. The van der Waals surface area contributed by atoms with Crippen molar-refractivity contribution in [3.63, 3.8) is 0 Å². The zero-order valence-electron chi connectivity index (χ0n) is 19.4. The van der Waals surface area contributed by atoms with Crippen LogP contribution in [0.15, 0.2) is 30.6 Å². The summed E-state index contributed by atoms with van der Waals surface area (Å²) in [4.78, 5) is 18.8. The van der Waals surface area contributed by atoms with Crippen molar-refractivity contribution in [3.8, 4) is 17.1 Å². The number of methoxy groups -OCH3 is 1. The van der Waals surface area contributed by atoms with Crippen LogP contribution in [-0.2, 0) is 4.74 Å². The molecule has 4 heterocycles. The monoisotopic (exact) mass is 494 g/mol. The molecule has 2 atom stereocenters. The Labute approximate surface area is 206 Å². The van der Waals surface area contributed by atoms with E-state index in [4.69, 9.17) is 31.0 Å². The molecule has 0 amide bonds. The Kier molecular flexibility index (Phi) is 5.61. The van der Waals surface area contributed by atoms with Crippen molar-refractivity contribution in [1.29, 1.82) is 0 Å². The van der Waals surface area contributed by atoms with Gasteiger partial charge in [-0.2, -0.15) is 5.10 Å². The molecule has 180 valence electrons. The maximum atomic E-state index is 15.0. The second-order valence-corrected chi connectivity index (χ2v) is 9.55. The number of aryl methyl sites for hydroxylation is 1. The van der Waals surface area contributed by atoms with Gasteiger partial charge in [-0.25, -0.2) is 24.3 Å². The first-order valence-corrected chi connectivity index (χ1v) is 12.1. The van der Waals surface area contributed by atoms with Gasteiger partial charge in [-0.05, 0) is 50.8 Å². The van der Waals surface area contributed by atoms with Gasteiger partial charge in [0, 0.05) is 34.9 Å². The molecule has 8 nitrogen and oxygen atoms in total. The Balaban J connectivity index is 1.42. The molecule has 0 bridgehead atoms. The Hall–Kier alpha value is -3.17. The lowest BCUT2D eigenvalue weighted by atomic mass is 9.92. The third-order valence-corrected chi connectivity index (χ3v) is 6.86. The molecule has 0 radical (unpaired) electrons. The van der Waals surface area contributed by atoms with Crippen molar-refractivity contribution >= 4 is 22.8 Å². The fraction of sp³-hybridized carbons (Fsp3) is 0.400. The molecule has 4 aromatic rings. The molecule has 2 aliphatic rings. The van der Waals surface area contributed by atoms with Gasteiger partial charge in [0.15, 0.2) is 5.65 Å². The van der Waals surface area contributed by atoms with E-state index in [0.717, 1.165) is 12.0 Å². The van der Waals surface area contributed by atoms with Crippen molar-refractivity contribution < 1.29 is 13.9 Å². The molecular weight excluding hydrogens is 471 g/mol. The van der Waals surface area contributed by atoms with Crippen molar-refractivity contribution in [2.45, 2.75) is 50.7 Å². The largest absolute Gasteiger partial charge is 0.480 e. The third kappa shape index (κ3) is 4.23. The molecule has 10 heteroatoms. The summed E-state index contributed by atoms with van der Waals surface area (Å²) in [5.74, 6) is 0.481. The quantitative estimate of drug-likeness (QED) is 0.369. The number of rotatable bonds is 5. The molecule has 0 spiro atoms. The number of benzene rings is 1. The van der Waals surface area contributed by atoms with Gasteiger partial charge in [0.05, 0.1) is 25.5 Å². The minimum Gasteiger partial charge on any atom is -0.480 e. The number of hydrogen-bond donors (Lipinski definition) is 0. The molecule has 0 N–H and O–H groups in total. The first kappa shape index (κ1) is 22.3. The maximum absolute atomic E-state index is 15.0. The van der Waals surface area contributed by atoms with Crippen LogP contribution in [0.1, 0.15) is 60.8 Å². The van der Waals surface area contributed by atoms with Crippen molar-refractivity contribution in [2.24, 2.45) is 0 Å². The van der Waals surface area contributed by atoms with Crippen LogP contribution in [0.5, 0.6) is 5.88 Å². The van der Waals surface area contributed by atoms with E-state index < -0.39 is 5.82 Å². The summed E-state index contributed by atoms with van der Waals surface area (Å²) >= 11 is 6.00. The Bertz CT molecular complexity index is 1420. The highest BCUT2D eigenvalue weighted by atomic mass is 35.5. The summed E-state index contributed by atoms with van der Waals surface area (Å²) in [5, 5.41) is 4.82. The summed E-state index contributed by atoms with van der Waals surface area (Å²) in [5.41, 5.74) is 3.11. The lowest BCUT2D eigenvalue weighted by Crippen LogP contribution is -2.20. The highest BCUT2D eigenvalue weighted by Gasteiger charge is 2.31. The van der Waals surface area contributed by atoms with E-state index in [-0.39, 0.29) is 17.6 Å². The zero-order valence-corrected chi connectivity index (χ0v) is 20.2. The topological polar surface area (TPSA) is 87.8 Å². The highest BCUT2D eigenvalue weighted by Crippen LogP contribution is 2.40. The van der Waals surface area contributed by atoms with Crippen LogP contribution in [0, 0.1) is 12.7 Å². The SMILES string of the molecule is COc1nc2c(-c3ccc(Cl)cc3F)nc(C3CCO[C@@H](c4cnn(C5CC5)c4)C3)nc2nc1C. The van der Waals surface area contributed by atoms with E-state index in [1.807, 2.05) is 10.9 Å². The summed E-state index contributed by atoms with van der Waals surface area (Å²) in [6, 6.07) is 5.03. The second-order valence-electron chi connectivity index (χ2n) is 9.11. The molecule has 1 saturated carbocycles. The fourth-order valence-corrected chi connectivity index (χ4v) is 4.76. The molecule has 35 heavy (non-hydrogen) atoms. The van der Waals surface area contributed by atoms with Gasteiger partial charge >= 0.3 is 0 Å². The number of nitrogens with zero attached hydrogens (tertiary/aromatic N) is 6. The lowest BCUT2D eigenvalue weighted by Gasteiger charge is -2.28. The predicted molar refractivity (Wildman–Crippen MR) is 128 cm³/mol. The molecule has 3 aromatic heterocycles. The molecule has 6 rings (SSSR count). The van der Waals surface area contributed by atoms with E-state index in [2.05, 4.69) is 21.3 Å². The summed E-state index contributed by atoms with van der Waals surface area (Å²) in [6.45, 7) is 2.38. The number of hydrogen-bond acceptors (Lipinski definition) is 7. The van der Waals surface area contributed by atoms with Gasteiger partial charge in [0.2, 0.25) is 5.88 Å². The van der Waals surface area contributed by atoms with E-state index >= 15 is 4.39 Å². The van der Waals surface area contributed by atoms with E-state index in [1.165, 1.54) is 26.0 Å². The van der Waals surface area contributed by atoms with E-state index in [9.17, 15) is 0 Å². The minimum absolute atomic E-state index is 0.0146. The molecule has 1 saturated heterocycles. The molecule has 1 aliphatic heterocycles. The Morgan fingerprint density at radius 2 is 2.00 bits per heavy atom. The standard InChI is InChI=1S/C25H24ClFN6O2/c1-13-25(34-2)31-22-21(18-6-3-16(26)10-19(18)27)30-23(32-24(22)29-13)14-7-8-35-20(9-14)15-11-28-33(12-15)17-4-5-17/h3,6,10-12,14,17,20H,4-5,7-9H2,1-2H3/t14?,20-/m1/s1. The van der Waals surface area contributed by atoms with Crippen molar-refractivity contribution in [2.75, 3.05) is 13.7 Å². The zero-order chi connectivity index (χ0) is 24.1. The van der Waals surface area contributed by atoms with Crippen LogP contribution in [0.4, 0.5) is 4.39 Å². The predicted octanol–water partition coefficient (Wildman–Crippen LogP) is 5.36. The summed E-state index contributed by atoms with van der Waals surface area (Å²) < 4.78 is 28.5. The van der Waals surface area contributed by atoms with Crippen molar-refractivity contribution in [1.82, 2.24) is 29.7 Å². The molecule has 2 fully saturated rings. The number of fused-ring (bicyclic) bond motifs is 1. The molecule has 1 unspecified atom stereocenters. The van der Waals surface area contributed by atoms with Crippen molar-refractivity contribution in [3.05, 3.63) is 58.5 Å². The Morgan fingerprint density at radius 1 is 1.14 bits per heavy atom. The van der Waals surface area contributed by atoms with Crippen LogP contribution in [0.25, 0.3) is 22.4 Å². The molecule has 1 aliphatic carbocycles. The maximum Gasteiger partial charge on any atom is 0.235 e. The average molecular weight is 495 g/mol. The summed E-state index contributed by atoms with van der Waals surface area (Å²) in [6.07, 6.45) is 7.69. The van der Waals surface area contributed by atoms with Crippen LogP contribution in [-0.4, -0.2) is 43.4 Å². The van der Waals surface area contributed by atoms with Crippen LogP contribution < -0.4 is 4.74 Å².